The zero-order valence-corrected chi connectivity index (χ0v) is 17.0. The number of carbonyl (C=O) groups excluding carboxylic acids is 1. The van der Waals surface area contributed by atoms with Crippen LogP contribution in [0.2, 0.25) is 0 Å². The molecule has 0 aromatic heterocycles. The summed E-state index contributed by atoms with van der Waals surface area (Å²) in [5.41, 5.74) is 3.26. The molecule has 2 aliphatic rings. The maximum atomic E-state index is 12.8. The fourth-order valence-electron chi connectivity index (χ4n) is 3.65. The van der Waals surface area contributed by atoms with E-state index >= 15 is 0 Å². The molecule has 2 heterocycles. The second kappa shape index (κ2) is 8.88. The van der Waals surface area contributed by atoms with Crippen LogP contribution in [0.3, 0.4) is 0 Å². The summed E-state index contributed by atoms with van der Waals surface area (Å²) >= 11 is 1.79. The molecule has 2 aromatic rings. The summed E-state index contributed by atoms with van der Waals surface area (Å²) in [6, 6.07) is 14.2. The van der Waals surface area contributed by atoms with E-state index in [-0.39, 0.29) is 5.91 Å². The Labute approximate surface area is 170 Å². The number of rotatable bonds is 5. The van der Waals surface area contributed by atoms with Gasteiger partial charge in [-0.1, -0.05) is 18.2 Å². The number of thioether (sulfide) groups is 1. The molecule has 0 unspecified atom stereocenters. The molecule has 1 saturated heterocycles. The highest BCUT2D eigenvalue weighted by Gasteiger charge is 2.22. The Hall–Kier alpha value is -2.18. The molecule has 0 aliphatic carbocycles. The first-order valence-electron chi connectivity index (χ1n) is 9.71. The standard InChI is InChI=1S/C22H26N2O3S/c1-28-16-17-2-5-19(6-3-17)22(25)24-10-8-23(9-11-24)15-18-4-7-20-21(14-18)27-13-12-26-20/h2-7,14H,8-13,15-16H2,1H3. The molecule has 2 aromatic carbocycles. The molecule has 0 radical (unpaired) electrons. The predicted octanol–water partition coefficient (Wildman–Crippen LogP) is 3.28. The summed E-state index contributed by atoms with van der Waals surface area (Å²) in [6.45, 7) is 5.36. The summed E-state index contributed by atoms with van der Waals surface area (Å²) in [5.74, 6) is 2.78. The van der Waals surface area contributed by atoms with Gasteiger partial charge in [0.25, 0.3) is 5.91 Å². The second-order valence-electron chi connectivity index (χ2n) is 7.18. The van der Waals surface area contributed by atoms with Crippen molar-refractivity contribution in [1.29, 1.82) is 0 Å². The molecule has 0 atom stereocenters. The third-order valence-corrected chi connectivity index (χ3v) is 5.81. The Morgan fingerprint density at radius 3 is 2.32 bits per heavy atom. The van der Waals surface area contributed by atoms with Crippen LogP contribution in [0, 0.1) is 0 Å². The topological polar surface area (TPSA) is 42.0 Å². The largest absolute Gasteiger partial charge is 0.486 e. The fourth-order valence-corrected chi connectivity index (χ4v) is 4.17. The number of ether oxygens (including phenoxy) is 2. The van der Waals surface area contributed by atoms with Gasteiger partial charge in [-0.2, -0.15) is 11.8 Å². The van der Waals surface area contributed by atoms with Crippen LogP contribution in [-0.4, -0.2) is 61.4 Å². The van der Waals surface area contributed by atoms with Gasteiger partial charge < -0.3 is 14.4 Å². The van der Waals surface area contributed by atoms with Gasteiger partial charge in [0.15, 0.2) is 11.5 Å². The highest BCUT2D eigenvalue weighted by Crippen LogP contribution is 2.31. The third-order valence-electron chi connectivity index (χ3n) is 5.18. The van der Waals surface area contributed by atoms with Gasteiger partial charge in [-0.05, 0) is 41.6 Å². The van der Waals surface area contributed by atoms with E-state index in [0.29, 0.717) is 13.2 Å². The normalized spacial score (nSPS) is 16.8. The van der Waals surface area contributed by atoms with Crippen LogP contribution in [0.5, 0.6) is 11.5 Å². The van der Waals surface area contributed by atoms with Crippen LogP contribution in [0.4, 0.5) is 0 Å². The molecular formula is C22H26N2O3S. The third kappa shape index (κ3) is 4.45. The first-order chi connectivity index (χ1) is 13.7. The Balaban J connectivity index is 1.31. The first kappa shape index (κ1) is 19.2. The highest BCUT2D eigenvalue weighted by molar-refractivity contribution is 7.97. The zero-order chi connectivity index (χ0) is 19.3. The summed E-state index contributed by atoms with van der Waals surface area (Å²) in [6.07, 6.45) is 2.09. The highest BCUT2D eigenvalue weighted by atomic mass is 32.2. The number of benzene rings is 2. The van der Waals surface area contributed by atoms with E-state index in [2.05, 4.69) is 35.4 Å². The van der Waals surface area contributed by atoms with Crippen molar-refractivity contribution in [2.24, 2.45) is 0 Å². The SMILES string of the molecule is CSCc1ccc(C(=O)N2CCN(Cc3ccc4c(c3)OCCO4)CC2)cc1. The van der Waals surface area contributed by atoms with E-state index in [9.17, 15) is 4.79 Å². The smallest absolute Gasteiger partial charge is 0.253 e. The maximum Gasteiger partial charge on any atom is 0.253 e. The lowest BCUT2D eigenvalue weighted by atomic mass is 10.1. The number of hydrogen-bond donors (Lipinski definition) is 0. The molecule has 148 valence electrons. The van der Waals surface area contributed by atoms with Crippen molar-refractivity contribution in [3.05, 3.63) is 59.2 Å². The van der Waals surface area contributed by atoms with Crippen molar-refractivity contribution in [3.63, 3.8) is 0 Å². The van der Waals surface area contributed by atoms with Crippen LogP contribution in [0.1, 0.15) is 21.5 Å². The first-order valence-corrected chi connectivity index (χ1v) is 11.1. The molecule has 0 N–H and O–H groups in total. The van der Waals surface area contributed by atoms with Crippen LogP contribution < -0.4 is 9.47 Å². The lowest BCUT2D eigenvalue weighted by Crippen LogP contribution is -2.48. The molecule has 28 heavy (non-hydrogen) atoms. The molecule has 2 aliphatic heterocycles. The Morgan fingerprint density at radius 1 is 0.929 bits per heavy atom. The van der Waals surface area contributed by atoms with E-state index in [0.717, 1.165) is 55.5 Å². The van der Waals surface area contributed by atoms with Crippen LogP contribution in [0.15, 0.2) is 42.5 Å². The fraction of sp³-hybridized carbons (Fsp3) is 0.409. The van der Waals surface area contributed by atoms with E-state index in [1.54, 1.807) is 11.8 Å². The summed E-state index contributed by atoms with van der Waals surface area (Å²) < 4.78 is 11.3. The number of fused-ring (bicyclic) bond motifs is 1. The monoisotopic (exact) mass is 398 g/mol. The molecular weight excluding hydrogens is 372 g/mol. The van der Waals surface area contributed by atoms with Crippen molar-refractivity contribution in [3.8, 4) is 11.5 Å². The van der Waals surface area contributed by atoms with E-state index in [4.69, 9.17) is 9.47 Å². The van der Waals surface area contributed by atoms with E-state index in [1.165, 1.54) is 11.1 Å². The molecule has 4 rings (SSSR count). The lowest BCUT2D eigenvalue weighted by molar-refractivity contribution is 0.0628. The molecule has 1 fully saturated rings. The minimum Gasteiger partial charge on any atom is -0.486 e. The van der Waals surface area contributed by atoms with Crippen LogP contribution in [-0.2, 0) is 12.3 Å². The zero-order valence-electron chi connectivity index (χ0n) is 16.2. The summed E-state index contributed by atoms with van der Waals surface area (Å²) in [5, 5.41) is 0. The number of hydrogen-bond acceptors (Lipinski definition) is 5. The Bertz CT molecular complexity index is 817. The van der Waals surface area contributed by atoms with Gasteiger partial charge in [0.1, 0.15) is 13.2 Å². The quantitative estimate of drug-likeness (QED) is 0.773. The number of carbonyl (C=O) groups is 1. The van der Waals surface area contributed by atoms with Gasteiger partial charge in [0.05, 0.1) is 0 Å². The van der Waals surface area contributed by atoms with Crippen molar-refractivity contribution < 1.29 is 14.3 Å². The summed E-state index contributed by atoms with van der Waals surface area (Å²) in [4.78, 5) is 17.1. The molecule has 1 amide bonds. The van der Waals surface area contributed by atoms with Gasteiger partial charge in [-0.15, -0.1) is 0 Å². The molecule has 0 saturated carbocycles. The van der Waals surface area contributed by atoms with Crippen LogP contribution in [0.25, 0.3) is 0 Å². The van der Waals surface area contributed by atoms with Gasteiger partial charge >= 0.3 is 0 Å². The Morgan fingerprint density at radius 2 is 1.61 bits per heavy atom. The van der Waals surface area contributed by atoms with Crippen molar-refractivity contribution in [2.45, 2.75) is 12.3 Å². The van der Waals surface area contributed by atoms with Gasteiger partial charge in [-0.3, -0.25) is 9.69 Å². The number of nitrogens with zero attached hydrogens (tertiary/aromatic N) is 2. The van der Waals surface area contributed by atoms with Crippen molar-refractivity contribution in [1.82, 2.24) is 9.80 Å². The summed E-state index contributed by atoms with van der Waals surface area (Å²) in [7, 11) is 0. The van der Waals surface area contributed by atoms with Crippen LogP contribution >= 0.6 is 11.8 Å². The maximum absolute atomic E-state index is 12.8. The average molecular weight is 399 g/mol. The van der Waals surface area contributed by atoms with Gasteiger partial charge in [0, 0.05) is 44.0 Å². The van der Waals surface area contributed by atoms with Gasteiger partial charge in [0.2, 0.25) is 0 Å². The van der Waals surface area contributed by atoms with Crippen molar-refractivity contribution >= 4 is 17.7 Å². The molecule has 0 spiro atoms. The van der Waals surface area contributed by atoms with E-state index < -0.39 is 0 Å². The predicted molar refractivity (Wildman–Crippen MR) is 112 cm³/mol. The molecule has 6 heteroatoms. The van der Waals surface area contributed by atoms with E-state index in [1.807, 2.05) is 23.1 Å². The van der Waals surface area contributed by atoms with Gasteiger partial charge in [-0.25, -0.2) is 0 Å². The lowest BCUT2D eigenvalue weighted by Gasteiger charge is -2.35. The number of piperazine rings is 1. The van der Waals surface area contributed by atoms with Crippen molar-refractivity contribution in [2.75, 3.05) is 45.6 Å². The molecule has 0 bridgehead atoms. The molecule has 5 nitrogen and oxygen atoms in total. The average Bonchev–Trinajstić information content (AvgIpc) is 2.74. The number of amides is 1. The minimum atomic E-state index is 0.134. The Kier molecular flexibility index (Phi) is 6.07. The minimum absolute atomic E-state index is 0.134. The second-order valence-corrected chi connectivity index (χ2v) is 8.04.